The lowest BCUT2D eigenvalue weighted by molar-refractivity contribution is -0.143. The molecule has 2 amide bonds. The van der Waals surface area contributed by atoms with Crippen molar-refractivity contribution in [1.82, 2.24) is 20.1 Å². The van der Waals surface area contributed by atoms with Gasteiger partial charge in [-0.3, -0.25) is 14.7 Å². The fourth-order valence-electron chi connectivity index (χ4n) is 5.39. The zero-order valence-corrected chi connectivity index (χ0v) is 20.6. The Labute approximate surface area is 213 Å². The topological polar surface area (TPSA) is 100 Å². The molecule has 1 aliphatic carbocycles. The van der Waals surface area contributed by atoms with E-state index in [9.17, 15) is 18.4 Å². The van der Waals surface area contributed by atoms with Gasteiger partial charge in [0.05, 0.1) is 30.8 Å². The van der Waals surface area contributed by atoms with Gasteiger partial charge in [0.25, 0.3) is 0 Å². The molecule has 2 aliphatic rings. The molecule has 36 heavy (non-hydrogen) atoms. The summed E-state index contributed by atoms with van der Waals surface area (Å²) in [6.07, 6.45) is 3.68. The number of likely N-dealkylation sites (tertiary alicyclic amines) is 1. The SMILES string of the molecule is COc1ccc(C2(C(=O)N3C[C@H](F)C[C@@H]3C(=O)Nc3ccc4[nH]ncc4n3)CCCCC2)cc1F.Cl. The number of anilines is 1. The van der Waals surface area contributed by atoms with E-state index < -0.39 is 29.4 Å². The summed E-state index contributed by atoms with van der Waals surface area (Å²) < 4.78 is 34.3. The van der Waals surface area contributed by atoms with Crippen LogP contribution in [0.4, 0.5) is 14.6 Å². The minimum absolute atomic E-state index is 0. The maximum absolute atomic E-state index is 14.6. The Hall–Kier alpha value is -3.27. The van der Waals surface area contributed by atoms with Crippen LogP contribution in [0.5, 0.6) is 5.75 Å². The molecule has 11 heteroatoms. The number of aromatic amines is 1. The van der Waals surface area contributed by atoms with Gasteiger partial charge in [0.1, 0.15) is 23.5 Å². The number of amides is 2. The lowest BCUT2D eigenvalue weighted by atomic mass is 9.68. The van der Waals surface area contributed by atoms with Gasteiger partial charge < -0.3 is 15.0 Å². The molecule has 2 fully saturated rings. The van der Waals surface area contributed by atoms with Crippen LogP contribution in [-0.2, 0) is 15.0 Å². The molecule has 3 aromatic rings. The van der Waals surface area contributed by atoms with Crippen molar-refractivity contribution in [3.63, 3.8) is 0 Å². The summed E-state index contributed by atoms with van der Waals surface area (Å²) in [5.74, 6) is -0.997. The lowest BCUT2D eigenvalue weighted by Crippen LogP contribution is -2.52. The molecule has 1 saturated carbocycles. The van der Waals surface area contributed by atoms with E-state index >= 15 is 0 Å². The largest absolute Gasteiger partial charge is 0.494 e. The Kier molecular flexibility index (Phi) is 7.44. The number of benzene rings is 1. The monoisotopic (exact) mass is 519 g/mol. The first-order chi connectivity index (χ1) is 16.9. The average molecular weight is 520 g/mol. The van der Waals surface area contributed by atoms with Crippen LogP contribution in [0.2, 0.25) is 0 Å². The van der Waals surface area contributed by atoms with E-state index in [-0.39, 0.29) is 37.0 Å². The fraction of sp³-hybridized carbons (Fsp3) is 0.440. The average Bonchev–Trinajstić information content (AvgIpc) is 3.50. The molecule has 2 N–H and O–H groups in total. The Morgan fingerprint density at radius 2 is 1.97 bits per heavy atom. The van der Waals surface area contributed by atoms with Crippen LogP contribution in [-0.4, -0.2) is 57.8 Å². The summed E-state index contributed by atoms with van der Waals surface area (Å²) in [5, 5.41) is 9.42. The number of H-pyrrole nitrogens is 1. The van der Waals surface area contributed by atoms with Crippen LogP contribution in [0, 0.1) is 5.82 Å². The molecule has 2 aromatic heterocycles. The zero-order valence-electron chi connectivity index (χ0n) is 19.8. The Morgan fingerprint density at radius 1 is 1.19 bits per heavy atom. The summed E-state index contributed by atoms with van der Waals surface area (Å²) in [4.78, 5) is 32.9. The van der Waals surface area contributed by atoms with Gasteiger partial charge in [0.2, 0.25) is 11.8 Å². The van der Waals surface area contributed by atoms with Crippen LogP contribution in [0.1, 0.15) is 44.1 Å². The molecule has 1 saturated heterocycles. The third-order valence-corrected chi connectivity index (χ3v) is 7.18. The quantitative estimate of drug-likeness (QED) is 0.523. The fourth-order valence-corrected chi connectivity index (χ4v) is 5.39. The van der Waals surface area contributed by atoms with Gasteiger partial charge in [0.15, 0.2) is 11.6 Å². The minimum atomic E-state index is -1.33. The first-order valence-corrected chi connectivity index (χ1v) is 11.8. The Morgan fingerprint density at radius 3 is 2.69 bits per heavy atom. The first-order valence-electron chi connectivity index (χ1n) is 11.8. The van der Waals surface area contributed by atoms with E-state index in [1.54, 1.807) is 18.2 Å². The van der Waals surface area contributed by atoms with Crippen LogP contribution in [0.25, 0.3) is 11.0 Å². The predicted octanol–water partition coefficient (Wildman–Crippen LogP) is 4.31. The number of carbonyl (C=O) groups excluding carboxylic acids is 2. The van der Waals surface area contributed by atoms with Crippen molar-refractivity contribution < 1.29 is 23.1 Å². The minimum Gasteiger partial charge on any atom is -0.494 e. The second kappa shape index (κ2) is 10.4. The van der Waals surface area contributed by atoms with Crippen molar-refractivity contribution >= 4 is 41.1 Å². The second-order valence-electron chi connectivity index (χ2n) is 9.29. The van der Waals surface area contributed by atoms with Gasteiger partial charge in [-0.2, -0.15) is 5.10 Å². The number of hydrogen-bond acceptors (Lipinski definition) is 5. The molecule has 0 bridgehead atoms. The number of ether oxygens (including phenoxy) is 1. The highest BCUT2D eigenvalue weighted by Gasteiger charge is 2.49. The highest BCUT2D eigenvalue weighted by Crippen LogP contribution is 2.43. The van der Waals surface area contributed by atoms with Crippen LogP contribution >= 0.6 is 12.4 Å². The van der Waals surface area contributed by atoms with Gasteiger partial charge in [-0.1, -0.05) is 25.3 Å². The maximum Gasteiger partial charge on any atom is 0.248 e. The van der Waals surface area contributed by atoms with E-state index in [4.69, 9.17) is 4.74 Å². The van der Waals surface area contributed by atoms with Crippen molar-refractivity contribution in [1.29, 1.82) is 0 Å². The van der Waals surface area contributed by atoms with Crippen molar-refractivity contribution in [2.24, 2.45) is 0 Å². The summed E-state index contributed by atoms with van der Waals surface area (Å²) in [6.45, 7) is -0.175. The van der Waals surface area contributed by atoms with Gasteiger partial charge in [-0.25, -0.2) is 13.8 Å². The molecule has 0 unspecified atom stereocenters. The smallest absolute Gasteiger partial charge is 0.248 e. The Balaban J connectivity index is 0.00000304. The number of hydrogen-bond donors (Lipinski definition) is 2. The number of alkyl halides is 1. The van der Waals surface area contributed by atoms with Gasteiger partial charge in [-0.05, 0) is 42.7 Å². The maximum atomic E-state index is 14.6. The molecular weight excluding hydrogens is 492 g/mol. The molecule has 1 aliphatic heterocycles. The van der Waals surface area contributed by atoms with Crippen molar-refractivity contribution in [3.8, 4) is 5.75 Å². The molecule has 3 heterocycles. The Bertz CT molecular complexity index is 1260. The standard InChI is InChI=1S/C25H27F2N5O3.ClH/c1-35-21-7-5-15(11-17(21)27)25(9-3-2-4-10-25)24(34)32-14-16(26)12-20(32)23(33)30-22-8-6-18-19(29-22)13-28-31-18;/h5-8,11,13,16,20H,2-4,9-10,12,14H2,1H3,(H,28,31)(H,29,30,33);1H/t16-,20-;/m1./s1. The number of carbonyl (C=O) groups is 2. The second-order valence-corrected chi connectivity index (χ2v) is 9.29. The first kappa shape index (κ1) is 25.8. The van der Waals surface area contributed by atoms with Crippen LogP contribution < -0.4 is 10.1 Å². The van der Waals surface area contributed by atoms with Crippen LogP contribution in [0.15, 0.2) is 36.5 Å². The predicted molar refractivity (Wildman–Crippen MR) is 132 cm³/mol. The van der Waals surface area contributed by atoms with Gasteiger partial charge in [-0.15, -0.1) is 12.4 Å². The number of pyridine rings is 1. The molecule has 2 atom stereocenters. The summed E-state index contributed by atoms with van der Waals surface area (Å²) in [5.41, 5.74) is 0.819. The number of rotatable bonds is 5. The van der Waals surface area contributed by atoms with Gasteiger partial charge >= 0.3 is 0 Å². The summed E-state index contributed by atoms with van der Waals surface area (Å²) in [7, 11) is 1.38. The molecule has 192 valence electrons. The normalized spacial score (nSPS) is 21.1. The van der Waals surface area contributed by atoms with Crippen LogP contribution in [0.3, 0.4) is 0 Å². The highest BCUT2D eigenvalue weighted by molar-refractivity contribution is 5.99. The number of aromatic nitrogens is 3. The number of methoxy groups -OCH3 is 1. The number of nitrogens with one attached hydrogen (secondary N) is 2. The van der Waals surface area contributed by atoms with E-state index in [1.165, 1.54) is 30.3 Å². The summed E-state index contributed by atoms with van der Waals surface area (Å²) in [6, 6.07) is 6.92. The molecular formula is C25H28ClF2N5O3. The highest BCUT2D eigenvalue weighted by atomic mass is 35.5. The number of nitrogens with zero attached hydrogens (tertiary/aromatic N) is 3. The van der Waals surface area contributed by atoms with Crippen molar-refractivity contribution in [3.05, 3.63) is 47.9 Å². The van der Waals surface area contributed by atoms with E-state index in [0.29, 0.717) is 29.7 Å². The molecule has 8 nitrogen and oxygen atoms in total. The van der Waals surface area contributed by atoms with Crippen molar-refractivity contribution in [2.75, 3.05) is 19.0 Å². The number of halogens is 3. The third kappa shape index (κ3) is 4.61. The van der Waals surface area contributed by atoms with E-state index in [2.05, 4.69) is 20.5 Å². The molecule has 0 spiro atoms. The van der Waals surface area contributed by atoms with Crippen molar-refractivity contribution in [2.45, 2.75) is 56.2 Å². The molecule has 5 rings (SSSR count). The third-order valence-electron chi connectivity index (χ3n) is 7.18. The summed E-state index contributed by atoms with van der Waals surface area (Å²) >= 11 is 0. The lowest BCUT2D eigenvalue weighted by Gasteiger charge is -2.40. The zero-order chi connectivity index (χ0) is 24.6. The van der Waals surface area contributed by atoms with E-state index in [0.717, 1.165) is 24.8 Å². The van der Waals surface area contributed by atoms with Gasteiger partial charge in [0, 0.05) is 6.42 Å². The molecule has 1 aromatic carbocycles. The molecule has 0 radical (unpaired) electrons. The van der Waals surface area contributed by atoms with E-state index in [1.807, 2.05) is 0 Å². The number of fused-ring (bicyclic) bond motifs is 1.